The Hall–Kier alpha value is -1.18. The first-order chi connectivity index (χ1) is 8.34. The summed E-state index contributed by atoms with van der Waals surface area (Å²) >= 11 is 0. The van der Waals surface area contributed by atoms with Gasteiger partial charge in [0.25, 0.3) is 0 Å². The number of ether oxygens (including phenoxy) is 1. The number of hydrogen-bond acceptors (Lipinski definition) is 2. The molecular weight excluding hydrogens is 222 g/mol. The molecule has 1 rings (SSSR count). The molecule has 1 aromatic rings. The molecule has 0 aromatic heterocycles. The average Bonchev–Trinajstić information content (AvgIpc) is 2.26. The van der Waals surface area contributed by atoms with Crippen LogP contribution >= 0.6 is 0 Å². The van der Waals surface area contributed by atoms with Gasteiger partial charge in [-0.05, 0) is 36.5 Å². The summed E-state index contributed by atoms with van der Waals surface area (Å²) in [5.41, 5.74) is 2.53. The van der Waals surface area contributed by atoms with E-state index in [-0.39, 0.29) is 5.41 Å². The van der Waals surface area contributed by atoms with Crippen LogP contribution in [0.3, 0.4) is 0 Å². The lowest BCUT2D eigenvalue weighted by Gasteiger charge is -2.24. The van der Waals surface area contributed by atoms with Crippen molar-refractivity contribution >= 4 is 5.69 Å². The topological polar surface area (TPSA) is 21.3 Å². The van der Waals surface area contributed by atoms with Gasteiger partial charge in [0.1, 0.15) is 5.75 Å². The highest BCUT2D eigenvalue weighted by molar-refractivity contribution is 5.53. The summed E-state index contributed by atoms with van der Waals surface area (Å²) in [5.74, 6) is 1.56. The van der Waals surface area contributed by atoms with Crippen LogP contribution in [0.25, 0.3) is 0 Å². The zero-order valence-corrected chi connectivity index (χ0v) is 12.6. The summed E-state index contributed by atoms with van der Waals surface area (Å²) in [6, 6.07) is 6.38. The van der Waals surface area contributed by atoms with E-state index in [2.05, 4.69) is 65.1 Å². The minimum atomic E-state index is 0.0950. The van der Waals surface area contributed by atoms with Gasteiger partial charge in [0, 0.05) is 17.8 Å². The molecule has 2 nitrogen and oxygen atoms in total. The predicted molar refractivity (Wildman–Crippen MR) is 79.6 cm³/mol. The zero-order chi connectivity index (χ0) is 13.8. The van der Waals surface area contributed by atoms with Gasteiger partial charge >= 0.3 is 0 Å². The highest BCUT2D eigenvalue weighted by Crippen LogP contribution is 2.33. The van der Waals surface area contributed by atoms with Crippen molar-refractivity contribution in [3.05, 3.63) is 23.8 Å². The molecule has 102 valence electrons. The second-order valence-corrected chi connectivity index (χ2v) is 6.20. The van der Waals surface area contributed by atoms with E-state index in [4.69, 9.17) is 4.74 Å². The van der Waals surface area contributed by atoms with Crippen LogP contribution in [-0.2, 0) is 5.41 Å². The smallest absolute Gasteiger partial charge is 0.123 e. The van der Waals surface area contributed by atoms with Gasteiger partial charge in [0.05, 0.1) is 6.61 Å². The van der Waals surface area contributed by atoms with Crippen molar-refractivity contribution in [1.29, 1.82) is 0 Å². The number of nitrogens with one attached hydrogen (secondary N) is 1. The monoisotopic (exact) mass is 249 g/mol. The summed E-state index contributed by atoms with van der Waals surface area (Å²) in [6.45, 7) is 14.8. The first-order valence-electron chi connectivity index (χ1n) is 6.85. The van der Waals surface area contributed by atoms with E-state index in [0.29, 0.717) is 5.92 Å². The van der Waals surface area contributed by atoms with Gasteiger partial charge in [-0.1, -0.05) is 34.6 Å². The maximum Gasteiger partial charge on any atom is 0.123 e. The molecule has 0 spiro atoms. The van der Waals surface area contributed by atoms with E-state index in [9.17, 15) is 0 Å². The van der Waals surface area contributed by atoms with E-state index >= 15 is 0 Å². The van der Waals surface area contributed by atoms with Crippen LogP contribution in [-0.4, -0.2) is 13.2 Å². The molecular formula is C16H27NO. The van der Waals surface area contributed by atoms with Gasteiger partial charge < -0.3 is 10.1 Å². The second-order valence-electron chi connectivity index (χ2n) is 6.20. The van der Waals surface area contributed by atoms with Gasteiger partial charge in [-0.15, -0.1) is 0 Å². The molecule has 0 heterocycles. The Kier molecular flexibility index (Phi) is 5.06. The van der Waals surface area contributed by atoms with Crippen molar-refractivity contribution in [2.45, 2.75) is 47.0 Å². The van der Waals surface area contributed by atoms with Crippen LogP contribution in [0.4, 0.5) is 5.69 Å². The fourth-order valence-corrected chi connectivity index (χ4v) is 1.81. The van der Waals surface area contributed by atoms with Gasteiger partial charge in [0.15, 0.2) is 0 Å². The van der Waals surface area contributed by atoms with E-state index in [1.54, 1.807) is 0 Å². The van der Waals surface area contributed by atoms with Crippen molar-refractivity contribution in [2.24, 2.45) is 5.92 Å². The predicted octanol–water partition coefficient (Wildman–Crippen LogP) is 4.45. The van der Waals surface area contributed by atoms with Crippen molar-refractivity contribution in [3.63, 3.8) is 0 Å². The molecule has 0 atom stereocenters. The van der Waals surface area contributed by atoms with Crippen LogP contribution in [0.2, 0.25) is 0 Å². The van der Waals surface area contributed by atoms with Crippen LogP contribution in [0, 0.1) is 5.92 Å². The Morgan fingerprint density at radius 2 is 1.89 bits per heavy atom. The molecule has 18 heavy (non-hydrogen) atoms. The lowest BCUT2D eigenvalue weighted by molar-refractivity contribution is 0.265. The first-order valence-corrected chi connectivity index (χ1v) is 6.85. The molecule has 0 radical (unpaired) electrons. The van der Waals surface area contributed by atoms with Crippen molar-refractivity contribution < 1.29 is 4.74 Å². The van der Waals surface area contributed by atoms with Gasteiger partial charge in [0.2, 0.25) is 0 Å². The van der Waals surface area contributed by atoms with Crippen LogP contribution in [0.15, 0.2) is 18.2 Å². The standard InChI is InChI=1S/C16H27NO/c1-7-17-13-8-9-15(18-11-12(2)3)14(10-13)16(4,5)6/h8-10,12,17H,7,11H2,1-6H3. The third-order valence-corrected chi connectivity index (χ3v) is 2.74. The van der Waals surface area contributed by atoms with E-state index < -0.39 is 0 Å². The molecule has 1 aromatic carbocycles. The molecule has 2 heteroatoms. The Morgan fingerprint density at radius 1 is 1.22 bits per heavy atom. The largest absolute Gasteiger partial charge is 0.493 e. The van der Waals surface area contributed by atoms with Crippen molar-refractivity contribution in [1.82, 2.24) is 0 Å². The quantitative estimate of drug-likeness (QED) is 0.832. The SMILES string of the molecule is CCNc1ccc(OCC(C)C)c(C(C)(C)C)c1. The first kappa shape index (κ1) is 14.9. The van der Waals surface area contributed by atoms with E-state index in [1.807, 2.05) is 0 Å². The summed E-state index contributed by atoms with van der Waals surface area (Å²) in [6.07, 6.45) is 0. The summed E-state index contributed by atoms with van der Waals surface area (Å²) in [5, 5.41) is 3.36. The molecule has 0 aliphatic carbocycles. The lowest BCUT2D eigenvalue weighted by Crippen LogP contribution is -2.15. The number of benzene rings is 1. The van der Waals surface area contributed by atoms with Crippen molar-refractivity contribution in [2.75, 3.05) is 18.5 Å². The summed E-state index contributed by atoms with van der Waals surface area (Å²) in [4.78, 5) is 0. The number of anilines is 1. The highest BCUT2D eigenvalue weighted by atomic mass is 16.5. The van der Waals surface area contributed by atoms with Gasteiger partial charge in [-0.3, -0.25) is 0 Å². The van der Waals surface area contributed by atoms with Gasteiger partial charge in [-0.25, -0.2) is 0 Å². The molecule has 0 fully saturated rings. The van der Waals surface area contributed by atoms with Gasteiger partial charge in [-0.2, -0.15) is 0 Å². The molecule has 1 N–H and O–H groups in total. The lowest BCUT2D eigenvalue weighted by atomic mass is 9.86. The second kappa shape index (κ2) is 6.12. The Labute approximate surface area is 112 Å². The fourth-order valence-electron chi connectivity index (χ4n) is 1.81. The molecule has 0 saturated heterocycles. The van der Waals surface area contributed by atoms with Crippen LogP contribution < -0.4 is 10.1 Å². The molecule has 0 aliphatic rings. The van der Waals surface area contributed by atoms with Crippen LogP contribution in [0.5, 0.6) is 5.75 Å². The molecule has 0 unspecified atom stereocenters. The maximum absolute atomic E-state index is 5.93. The maximum atomic E-state index is 5.93. The van der Waals surface area contributed by atoms with E-state index in [1.165, 1.54) is 11.3 Å². The minimum Gasteiger partial charge on any atom is -0.493 e. The molecule has 0 bridgehead atoms. The van der Waals surface area contributed by atoms with Crippen molar-refractivity contribution in [3.8, 4) is 5.75 Å². The summed E-state index contributed by atoms with van der Waals surface area (Å²) < 4.78 is 5.93. The third-order valence-electron chi connectivity index (χ3n) is 2.74. The number of rotatable bonds is 5. The van der Waals surface area contributed by atoms with E-state index in [0.717, 1.165) is 18.9 Å². The Balaban J connectivity index is 3.01. The minimum absolute atomic E-state index is 0.0950. The fraction of sp³-hybridized carbons (Fsp3) is 0.625. The molecule has 0 saturated carbocycles. The third kappa shape index (κ3) is 4.25. The zero-order valence-electron chi connectivity index (χ0n) is 12.6. The Morgan fingerprint density at radius 3 is 2.39 bits per heavy atom. The normalized spacial score (nSPS) is 11.7. The highest BCUT2D eigenvalue weighted by Gasteiger charge is 2.19. The average molecular weight is 249 g/mol. The number of hydrogen-bond donors (Lipinski definition) is 1. The Bertz CT molecular complexity index is 377. The van der Waals surface area contributed by atoms with Crippen LogP contribution in [0.1, 0.15) is 47.1 Å². The molecule has 0 aliphatic heterocycles. The molecule has 0 amide bonds. The summed E-state index contributed by atoms with van der Waals surface area (Å²) in [7, 11) is 0.